The van der Waals surface area contributed by atoms with Crippen LogP contribution in [0.15, 0.2) is 12.2 Å². The molecule has 0 rings (SSSR count). The third kappa shape index (κ3) is 63.8. The average molecular weight is 220 g/mol. The minimum atomic E-state index is 0.250. The second-order valence-corrected chi connectivity index (χ2v) is 3.14. The fraction of sp³-hybridized carbons (Fsp3) is 0.700. The van der Waals surface area contributed by atoms with E-state index in [9.17, 15) is 0 Å². The van der Waals surface area contributed by atoms with E-state index in [2.05, 4.69) is 38.0 Å². The second kappa shape index (κ2) is 18.2. The van der Waals surface area contributed by atoms with Gasteiger partial charge in [-0.2, -0.15) is 0 Å². The summed E-state index contributed by atoms with van der Waals surface area (Å²) in [5.41, 5.74) is 6.15. The van der Waals surface area contributed by atoms with Crippen molar-refractivity contribution < 1.29 is 5.11 Å². The standard InChI is InChI=1S/C5H10N2S.C3H8.C2H6O/c1-4(2)3-7-5(6)8;1-3-2;1-2-3/h1,3H2,2H3,(H3,6,7,8);3H2,1-2H3;3H,2H2,1H3. The number of hydrogen-bond acceptors (Lipinski definition) is 2. The van der Waals surface area contributed by atoms with Crippen molar-refractivity contribution in [2.24, 2.45) is 5.73 Å². The molecule has 0 atom stereocenters. The molecule has 14 heavy (non-hydrogen) atoms. The number of thiocarbonyl (C=S) groups is 1. The maximum absolute atomic E-state index is 7.57. The summed E-state index contributed by atoms with van der Waals surface area (Å²) < 4.78 is 0. The third-order valence-corrected chi connectivity index (χ3v) is 0.709. The lowest BCUT2D eigenvalue weighted by atomic mass is 10.4. The Kier molecular flexibility index (Phi) is 24.8. The molecule has 4 N–H and O–H groups in total. The highest BCUT2D eigenvalue weighted by Gasteiger charge is 1.83. The Morgan fingerprint density at radius 3 is 1.79 bits per heavy atom. The molecule has 0 saturated carbocycles. The van der Waals surface area contributed by atoms with Crippen molar-refractivity contribution in [3.05, 3.63) is 12.2 Å². The summed E-state index contributed by atoms with van der Waals surface area (Å²) in [7, 11) is 0. The largest absolute Gasteiger partial charge is 0.397 e. The smallest absolute Gasteiger partial charge is 0.163 e. The van der Waals surface area contributed by atoms with E-state index in [1.54, 1.807) is 6.92 Å². The molecule has 0 saturated heterocycles. The molecule has 0 amide bonds. The SMILES string of the molecule is C=C(C)CNC(N)=S.CCC.CCO. The van der Waals surface area contributed by atoms with E-state index in [1.165, 1.54) is 6.42 Å². The fourth-order valence-corrected chi connectivity index (χ4v) is 0.310. The minimum absolute atomic E-state index is 0.250. The molecule has 3 nitrogen and oxygen atoms in total. The van der Waals surface area contributed by atoms with Crippen LogP contribution in [0.3, 0.4) is 0 Å². The van der Waals surface area contributed by atoms with Gasteiger partial charge in [0.15, 0.2) is 5.11 Å². The number of nitrogens with two attached hydrogens (primary N) is 1. The Balaban J connectivity index is -0.000000168. The van der Waals surface area contributed by atoms with Crippen LogP contribution in [-0.4, -0.2) is 23.4 Å². The van der Waals surface area contributed by atoms with Gasteiger partial charge in [-0.3, -0.25) is 0 Å². The molecule has 0 aliphatic heterocycles. The number of aliphatic hydroxyl groups excluding tert-OH is 1. The molecule has 86 valence electrons. The van der Waals surface area contributed by atoms with E-state index in [4.69, 9.17) is 10.8 Å². The topological polar surface area (TPSA) is 58.3 Å². The van der Waals surface area contributed by atoms with Gasteiger partial charge in [0.1, 0.15) is 0 Å². The molecular weight excluding hydrogens is 196 g/mol. The van der Waals surface area contributed by atoms with Crippen molar-refractivity contribution in [2.75, 3.05) is 13.2 Å². The van der Waals surface area contributed by atoms with Crippen molar-refractivity contribution in [3.8, 4) is 0 Å². The molecule has 4 heteroatoms. The molecular formula is C10H24N2OS. The Morgan fingerprint density at radius 1 is 1.43 bits per heavy atom. The zero-order valence-corrected chi connectivity index (χ0v) is 10.6. The predicted octanol–water partition coefficient (Wildman–Crippen LogP) is 1.81. The third-order valence-electron chi connectivity index (χ3n) is 0.564. The van der Waals surface area contributed by atoms with Gasteiger partial charge in [-0.15, -0.1) is 0 Å². The minimum Gasteiger partial charge on any atom is -0.397 e. The lowest BCUT2D eigenvalue weighted by Crippen LogP contribution is -2.29. The summed E-state index contributed by atoms with van der Waals surface area (Å²) in [5.74, 6) is 0. The number of aliphatic hydroxyl groups is 1. The first-order chi connectivity index (χ1) is 6.45. The number of rotatable bonds is 2. The molecule has 0 aromatic carbocycles. The van der Waals surface area contributed by atoms with Crippen molar-refractivity contribution >= 4 is 17.3 Å². The van der Waals surface area contributed by atoms with Crippen molar-refractivity contribution in [2.45, 2.75) is 34.1 Å². The van der Waals surface area contributed by atoms with Crippen LogP contribution in [0.25, 0.3) is 0 Å². The molecule has 0 spiro atoms. The van der Waals surface area contributed by atoms with Crippen LogP contribution in [0.1, 0.15) is 34.1 Å². The van der Waals surface area contributed by atoms with Crippen LogP contribution >= 0.6 is 12.2 Å². The van der Waals surface area contributed by atoms with Crippen LogP contribution < -0.4 is 11.1 Å². The van der Waals surface area contributed by atoms with Gasteiger partial charge in [0.05, 0.1) is 0 Å². The van der Waals surface area contributed by atoms with Gasteiger partial charge in [0.2, 0.25) is 0 Å². The first kappa shape index (κ1) is 19.0. The van der Waals surface area contributed by atoms with Crippen LogP contribution in [0, 0.1) is 0 Å². The molecule has 0 aliphatic carbocycles. The highest BCUT2D eigenvalue weighted by molar-refractivity contribution is 7.80. The highest BCUT2D eigenvalue weighted by Crippen LogP contribution is 1.79. The van der Waals surface area contributed by atoms with Gasteiger partial charge < -0.3 is 16.2 Å². The molecule has 0 aromatic heterocycles. The van der Waals surface area contributed by atoms with Crippen LogP contribution in [0.5, 0.6) is 0 Å². The van der Waals surface area contributed by atoms with Crippen LogP contribution in [-0.2, 0) is 0 Å². The average Bonchev–Trinajstić information content (AvgIpc) is 2.04. The zero-order chi connectivity index (χ0) is 12.0. The summed E-state index contributed by atoms with van der Waals surface area (Å²) in [6.45, 7) is 12.4. The number of hydrogen-bond donors (Lipinski definition) is 3. The molecule has 0 fully saturated rings. The molecule has 0 radical (unpaired) electrons. The molecule has 0 aliphatic rings. The van der Waals surface area contributed by atoms with E-state index in [1.807, 2.05) is 6.92 Å². The first-order valence-electron chi connectivity index (χ1n) is 4.74. The van der Waals surface area contributed by atoms with Gasteiger partial charge in [0.25, 0.3) is 0 Å². The van der Waals surface area contributed by atoms with Crippen molar-refractivity contribution in [3.63, 3.8) is 0 Å². The Morgan fingerprint density at radius 2 is 1.71 bits per heavy atom. The summed E-state index contributed by atoms with van der Waals surface area (Å²) >= 11 is 4.54. The molecule has 0 bridgehead atoms. The Labute approximate surface area is 93.4 Å². The lowest BCUT2D eigenvalue weighted by Gasteiger charge is -1.99. The Hall–Kier alpha value is -0.610. The summed E-state index contributed by atoms with van der Waals surface area (Å²) in [6.07, 6.45) is 1.25. The van der Waals surface area contributed by atoms with Crippen molar-refractivity contribution in [1.82, 2.24) is 5.32 Å². The van der Waals surface area contributed by atoms with E-state index in [0.29, 0.717) is 11.7 Å². The van der Waals surface area contributed by atoms with Gasteiger partial charge in [-0.25, -0.2) is 0 Å². The summed E-state index contributed by atoms with van der Waals surface area (Å²) in [5, 5.41) is 10.7. The van der Waals surface area contributed by atoms with Crippen LogP contribution in [0.2, 0.25) is 0 Å². The van der Waals surface area contributed by atoms with Gasteiger partial charge in [-0.1, -0.05) is 32.4 Å². The zero-order valence-electron chi connectivity index (χ0n) is 9.76. The Bertz CT molecular complexity index is 122. The van der Waals surface area contributed by atoms with E-state index in [0.717, 1.165) is 5.57 Å². The maximum Gasteiger partial charge on any atom is 0.163 e. The normalized spacial score (nSPS) is 7.21. The monoisotopic (exact) mass is 220 g/mol. The second-order valence-electron chi connectivity index (χ2n) is 2.70. The summed E-state index contributed by atoms with van der Waals surface area (Å²) in [4.78, 5) is 0. The fourth-order valence-electron chi connectivity index (χ4n) is 0.238. The van der Waals surface area contributed by atoms with Gasteiger partial charge in [-0.05, 0) is 26.1 Å². The number of nitrogens with one attached hydrogen (secondary N) is 1. The molecule has 0 aromatic rings. The summed E-state index contributed by atoms with van der Waals surface area (Å²) in [6, 6.07) is 0. The maximum atomic E-state index is 7.57. The molecule has 0 unspecified atom stereocenters. The predicted molar refractivity (Wildman–Crippen MR) is 68.3 cm³/mol. The van der Waals surface area contributed by atoms with E-state index in [-0.39, 0.29) is 6.61 Å². The lowest BCUT2D eigenvalue weighted by molar-refractivity contribution is 0.318. The first-order valence-corrected chi connectivity index (χ1v) is 5.15. The van der Waals surface area contributed by atoms with Gasteiger partial charge >= 0.3 is 0 Å². The van der Waals surface area contributed by atoms with E-state index < -0.39 is 0 Å². The van der Waals surface area contributed by atoms with Crippen molar-refractivity contribution in [1.29, 1.82) is 0 Å². The quantitative estimate of drug-likeness (QED) is 0.491. The van der Waals surface area contributed by atoms with Gasteiger partial charge in [0, 0.05) is 13.2 Å². The molecule has 0 heterocycles. The van der Waals surface area contributed by atoms with Crippen LogP contribution in [0.4, 0.5) is 0 Å². The highest BCUT2D eigenvalue weighted by atomic mass is 32.1. The van der Waals surface area contributed by atoms with E-state index >= 15 is 0 Å².